The molecule has 9 nitrogen and oxygen atoms in total. The SMILES string of the molecule is CC(C)CN1C(=O)N(C)C(=O)C12CCN(c1ncc3c(ncn3C)n1)CC2. The van der Waals surface area contributed by atoms with Gasteiger partial charge < -0.3 is 14.4 Å². The molecule has 0 saturated carbocycles. The Morgan fingerprint density at radius 2 is 1.85 bits per heavy atom. The molecule has 2 aromatic heterocycles. The number of amides is 3. The van der Waals surface area contributed by atoms with Crippen LogP contribution in [-0.2, 0) is 11.8 Å². The van der Waals surface area contributed by atoms with Gasteiger partial charge in [-0.1, -0.05) is 13.8 Å². The molecule has 2 aliphatic rings. The first-order valence-corrected chi connectivity index (χ1v) is 9.32. The van der Waals surface area contributed by atoms with E-state index in [0.717, 1.165) is 5.52 Å². The average Bonchev–Trinajstić information content (AvgIpc) is 3.10. The molecule has 0 bridgehead atoms. The molecule has 9 heteroatoms. The summed E-state index contributed by atoms with van der Waals surface area (Å²) in [7, 11) is 3.49. The van der Waals surface area contributed by atoms with Crippen molar-refractivity contribution in [1.82, 2.24) is 29.3 Å². The van der Waals surface area contributed by atoms with Gasteiger partial charge in [0.15, 0.2) is 5.65 Å². The average molecular weight is 371 g/mol. The molecule has 0 N–H and O–H groups in total. The van der Waals surface area contributed by atoms with Crippen LogP contribution in [-0.4, -0.2) is 73.5 Å². The first kappa shape index (κ1) is 17.7. The Morgan fingerprint density at radius 3 is 2.52 bits per heavy atom. The number of imide groups is 1. The van der Waals surface area contributed by atoms with Crippen LogP contribution in [0.15, 0.2) is 12.5 Å². The second-order valence-electron chi connectivity index (χ2n) is 7.90. The van der Waals surface area contributed by atoms with Crippen LogP contribution in [0.3, 0.4) is 0 Å². The molecule has 2 saturated heterocycles. The van der Waals surface area contributed by atoms with Gasteiger partial charge in [-0.3, -0.25) is 9.69 Å². The van der Waals surface area contributed by atoms with Crippen molar-refractivity contribution in [2.24, 2.45) is 13.0 Å². The summed E-state index contributed by atoms with van der Waals surface area (Å²) in [6, 6.07) is -0.187. The Hall–Kier alpha value is -2.71. The number of carbonyl (C=O) groups excluding carboxylic acids is 2. The van der Waals surface area contributed by atoms with Crippen LogP contribution in [0.2, 0.25) is 0 Å². The van der Waals surface area contributed by atoms with E-state index < -0.39 is 5.54 Å². The number of fused-ring (bicyclic) bond motifs is 1. The van der Waals surface area contributed by atoms with E-state index in [1.807, 2.05) is 11.6 Å². The minimum absolute atomic E-state index is 0.0890. The van der Waals surface area contributed by atoms with Gasteiger partial charge in [0.1, 0.15) is 11.1 Å². The van der Waals surface area contributed by atoms with Gasteiger partial charge in [-0.05, 0) is 18.8 Å². The van der Waals surface area contributed by atoms with E-state index in [-0.39, 0.29) is 11.9 Å². The van der Waals surface area contributed by atoms with Crippen LogP contribution in [0.4, 0.5) is 10.7 Å². The van der Waals surface area contributed by atoms with Gasteiger partial charge in [-0.2, -0.15) is 4.98 Å². The van der Waals surface area contributed by atoms with Crippen LogP contribution in [0.1, 0.15) is 26.7 Å². The number of aryl methyl sites for hydroxylation is 1. The summed E-state index contributed by atoms with van der Waals surface area (Å²) in [4.78, 5) is 44.0. The predicted octanol–water partition coefficient (Wildman–Crippen LogP) is 1.25. The Balaban J connectivity index is 1.57. The number of aromatic nitrogens is 4. The zero-order chi connectivity index (χ0) is 19.3. The maximum absolute atomic E-state index is 12.9. The predicted molar refractivity (Wildman–Crippen MR) is 100 cm³/mol. The quantitative estimate of drug-likeness (QED) is 0.755. The Kier molecular flexibility index (Phi) is 4.05. The molecule has 0 unspecified atom stereocenters. The lowest BCUT2D eigenvalue weighted by molar-refractivity contribution is -0.133. The highest BCUT2D eigenvalue weighted by Gasteiger charge is 2.56. The van der Waals surface area contributed by atoms with Crippen molar-refractivity contribution >= 4 is 29.1 Å². The fraction of sp³-hybridized carbons (Fsp3) is 0.611. The number of rotatable bonds is 3. The third-order valence-electron chi connectivity index (χ3n) is 5.63. The van der Waals surface area contributed by atoms with E-state index >= 15 is 0 Å². The van der Waals surface area contributed by atoms with E-state index in [2.05, 4.69) is 33.7 Å². The van der Waals surface area contributed by atoms with Crippen LogP contribution in [0, 0.1) is 5.92 Å². The van der Waals surface area contributed by atoms with Crippen molar-refractivity contribution in [3.05, 3.63) is 12.5 Å². The zero-order valence-corrected chi connectivity index (χ0v) is 16.2. The van der Waals surface area contributed by atoms with Crippen molar-refractivity contribution in [2.45, 2.75) is 32.2 Å². The number of hydrogen-bond acceptors (Lipinski definition) is 6. The summed E-state index contributed by atoms with van der Waals surface area (Å²) < 4.78 is 1.88. The van der Waals surface area contributed by atoms with E-state index in [0.29, 0.717) is 50.0 Å². The summed E-state index contributed by atoms with van der Waals surface area (Å²) in [6.45, 7) is 5.97. The fourth-order valence-corrected chi connectivity index (χ4v) is 4.11. The van der Waals surface area contributed by atoms with Gasteiger partial charge in [0, 0.05) is 33.7 Å². The number of piperidine rings is 1. The largest absolute Gasteiger partial charge is 0.341 e. The van der Waals surface area contributed by atoms with Crippen molar-refractivity contribution in [3.63, 3.8) is 0 Å². The topological polar surface area (TPSA) is 87.5 Å². The molecule has 27 heavy (non-hydrogen) atoms. The van der Waals surface area contributed by atoms with Gasteiger partial charge in [0.25, 0.3) is 5.91 Å². The summed E-state index contributed by atoms with van der Waals surface area (Å²) in [6.07, 6.45) is 4.66. The molecule has 1 spiro atoms. The van der Waals surface area contributed by atoms with E-state index in [4.69, 9.17) is 0 Å². The number of urea groups is 1. The standard InChI is InChI=1S/C18H25N7O2/c1-12(2)10-25-17(27)23(4)15(26)18(25)5-7-24(8-6-18)16-19-9-13-14(21-16)20-11-22(13)3/h9,11-12H,5-8,10H2,1-4H3. The number of carbonyl (C=O) groups is 2. The molecule has 2 aromatic rings. The number of hydrogen-bond donors (Lipinski definition) is 0. The zero-order valence-electron chi connectivity index (χ0n) is 16.2. The third-order valence-corrected chi connectivity index (χ3v) is 5.63. The first-order valence-electron chi connectivity index (χ1n) is 9.32. The maximum Gasteiger partial charge on any atom is 0.327 e. The summed E-state index contributed by atoms with van der Waals surface area (Å²) in [5, 5.41) is 0. The molecular weight excluding hydrogens is 346 g/mol. The molecule has 4 rings (SSSR count). The lowest BCUT2D eigenvalue weighted by Crippen LogP contribution is -2.57. The molecule has 0 aliphatic carbocycles. The smallest absolute Gasteiger partial charge is 0.327 e. The van der Waals surface area contributed by atoms with Crippen molar-refractivity contribution in [2.75, 3.05) is 31.6 Å². The first-order chi connectivity index (χ1) is 12.8. The fourth-order valence-electron chi connectivity index (χ4n) is 4.11. The minimum atomic E-state index is -0.734. The normalized spacial score (nSPS) is 20.0. The van der Waals surface area contributed by atoms with Gasteiger partial charge >= 0.3 is 6.03 Å². The highest BCUT2D eigenvalue weighted by molar-refractivity contribution is 6.07. The van der Waals surface area contributed by atoms with Gasteiger partial charge in [-0.15, -0.1) is 0 Å². The number of anilines is 1. The summed E-state index contributed by atoms with van der Waals surface area (Å²) in [5.41, 5.74) is 0.812. The highest BCUT2D eigenvalue weighted by Crippen LogP contribution is 2.37. The van der Waals surface area contributed by atoms with Crippen LogP contribution in [0.5, 0.6) is 0 Å². The van der Waals surface area contributed by atoms with E-state index in [1.54, 1.807) is 24.5 Å². The summed E-state index contributed by atoms with van der Waals surface area (Å²) >= 11 is 0. The Bertz CT molecular complexity index is 898. The van der Waals surface area contributed by atoms with Gasteiger partial charge in [-0.25, -0.2) is 14.8 Å². The Labute approximate surface area is 158 Å². The lowest BCUT2D eigenvalue weighted by atomic mass is 9.85. The van der Waals surface area contributed by atoms with Crippen LogP contribution < -0.4 is 4.90 Å². The van der Waals surface area contributed by atoms with Crippen molar-refractivity contribution in [1.29, 1.82) is 0 Å². The van der Waals surface area contributed by atoms with E-state index in [1.165, 1.54) is 4.90 Å². The third kappa shape index (κ3) is 2.64. The van der Waals surface area contributed by atoms with Gasteiger partial charge in [0.2, 0.25) is 5.95 Å². The number of likely N-dealkylation sites (N-methyl/N-ethyl adjacent to an activating group) is 1. The number of imidazole rings is 1. The second-order valence-corrected chi connectivity index (χ2v) is 7.90. The molecule has 3 amide bonds. The molecule has 2 aliphatic heterocycles. The number of nitrogens with zero attached hydrogens (tertiary/aromatic N) is 7. The molecule has 0 atom stereocenters. The molecule has 0 radical (unpaired) electrons. The van der Waals surface area contributed by atoms with Crippen LogP contribution in [0.25, 0.3) is 11.2 Å². The Morgan fingerprint density at radius 1 is 1.15 bits per heavy atom. The molecule has 0 aromatic carbocycles. The minimum Gasteiger partial charge on any atom is -0.341 e. The lowest BCUT2D eigenvalue weighted by Gasteiger charge is -2.42. The van der Waals surface area contributed by atoms with Crippen molar-refractivity contribution in [3.8, 4) is 0 Å². The highest BCUT2D eigenvalue weighted by atomic mass is 16.2. The molecule has 144 valence electrons. The van der Waals surface area contributed by atoms with E-state index in [9.17, 15) is 9.59 Å². The monoisotopic (exact) mass is 371 g/mol. The summed E-state index contributed by atoms with van der Waals surface area (Å²) in [5.74, 6) is 0.837. The van der Waals surface area contributed by atoms with Crippen LogP contribution >= 0.6 is 0 Å². The molecule has 4 heterocycles. The molecule has 2 fully saturated rings. The maximum atomic E-state index is 12.9. The van der Waals surface area contributed by atoms with Crippen molar-refractivity contribution < 1.29 is 9.59 Å². The van der Waals surface area contributed by atoms with Gasteiger partial charge in [0.05, 0.1) is 12.5 Å². The second kappa shape index (κ2) is 6.17. The molecular formula is C18H25N7O2.